The van der Waals surface area contributed by atoms with Crippen LogP contribution in [0.3, 0.4) is 0 Å². The van der Waals surface area contributed by atoms with Crippen molar-refractivity contribution in [3.63, 3.8) is 0 Å². The van der Waals surface area contributed by atoms with Crippen molar-refractivity contribution in [2.24, 2.45) is 0 Å². The van der Waals surface area contributed by atoms with Crippen molar-refractivity contribution in [2.45, 2.75) is 58.7 Å². The van der Waals surface area contributed by atoms with Crippen molar-refractivity contribution in [3.05, 3.63) is 59.0 Å². The van der Waals surface area contributed by atoms with E-state index in [1.54, 1.807) is 0 Å². The molecule has 33 heavy (non-hydrogen) atoms. The van der Waals surface area contributed by atoms with Gasteiger partial charge in [-0.2, -0.15) is 5.10 Å². The third-order valence-electron chi connectivity index (χ3n) is 7.14. The van der Waals surface area contributed by atoms with E-state index in [9.17, 15) is 5.11 Å². The number of hydrogen-bond donors (Lipinski definition) is 1. The molecule has 3 aromatic rings. The Kier molecular flexibility index (Phi) is 6.42. The average molecular weight is 447 g/mol. The molecule has 0 aliphatic carbocycles. The van der Waals surface area contributed by atoms with E-state index in [1.807, 2.05) is 23.1 Å². The van der Waals surface area contributed by atoms with Crippen LogP contribution >= 0.6 is 0 Å². The van der Waals surface area contributed by atoms with Crippen LogP contribution in [0.25, 0.3) is 11.3 Å². The number of nitrogens with zero attached hydrogens (tertiary/aromatic N) is 6. The van der Waals surface area contributed by atoms with Gasteiger partial charge in [0.2, 0.25) is 5.95 Å². The Morgan fingerprint density at radius 2 is 1.88 bits per heavy atom. The minimum Gasteiger partial charge on any atom is -0.394 e. The Balaban J connectivity index is 1.48. The van der Waals surface area contributed by atoms with Crippen LogP contribution in [0.2, 0.25) is 0 Å². The van der Waals surface area contributed by atoms with E-state index >= 15 is 0 Å². The van der Waals surface area contributed by atoms with E-state index in [1.165, 1.54) is 29.5 Å². The largest absolute Gasteiger partial charge is 0.394 e. The van der Waals surface area contributed by atoms with Gasteiger partial charge in [-0.1, -0.05) is 18.2 Å². The van der Waals surface area contributed by atoms with Crippen molar-refractivity contribution < 1.29 is 5.11 Å². The summed E-state index contributed by atoms with van der Waals surface area (Å²) in [6.45, 7) is 8.92. The summed E-state index contributed by atoms with van der Waals surface area (Å²) in [5.41, 5.74) is 7.16. The molecular weight excluding hydrogens is 412 g/mol. The normalized spacial score (nSPS) is 19.0. The van der Waals surface area contributed by atoms with Gasteiger partial charge in [0.05, 0.1) is 36.8 Å². The lowest BCUT2D eigenvalue weighted by Crippen LogP contribution is -2.26. The number of aromatic nitrogens is 4. The average Bonchev–Trinajstić information content (AvgIpc) is 3.58. The first-order valence-corrected chi connectivity index (χ1v) is 12.2. The molecule has 0 bridgehead atoms. The highest BCUT2D eigenvalue weighted by Gasteiger charge is 2.32. The number of hydrogen-bond acceptors (Lipinski definition) is 6. The van der Waals surface area contributed by atoms with E-state index in [2.05, 4.69) is 51.9 Å². The molecule has 0 spiro atoms. The highest BCUT2D eigenvalue weighted by Crippen LogP contribution is 2.38. The van der Waals surface area contributed by atoms with Gasteiger partial charge in [-0.3, -0.25) is 9.58 Å². The fourth-order valence-corrected chi connectivity index (χ4v) is 5.25. The number of aryl methyl sites for hydroxylation is 2. The predicted molar refractivity (Wildman–Crippen MR) is 130 cm³/mol. The van der Waals surface area contributed by atoms with Crippen molar-refractivity contribution in [3.8, 4) is 11.3 Å². The lowest BCUT2D eigenvalue weighted by atomic mass is 10.0. The Hall–Kier alpha value is -2.77. The summed E-state index contributed by atoms with van der Waals surface area (Å²) < 4.78 is 1.98. The lowest BCUT2D eigenvalue weighted by Gasteiger charge is -2.27. The third kappa shape index (κ3) is 4.52. The second kappa shape index (κ2) is 9.61. The van der Waals surface area contributed by atoms with E-state index in [4.69, 9.17) is 4.98 Å². The number of aliphatic hydroxyl groups excluding tert-OH is 1. The lowest BCUT2D eigenvalue weighted by molar-refractivity contribution is 0.226. The highest BCUT2D eigenvalue weighted by molar-refractivity contribution is 5.63. The fourth-order valence-electron chi connectivity index (χ4n) is 5.25. The van der Waals surface area contributed by atoms with Crippen LogP contribution in [0.4, 0.5) is 5.95 Å². The molecule has 2 fully saturated rings. The van der Waals surface area contributed by atoms with Crippen LogP contribution in [0.5, 0.6) is 0 Å². The van der Waals surface area contributed by atoms with Gasteiger partial charge in [-0.05, 0) is 68.8 Å². The molecule has 1 atom stereocenters. The molecule has 1 aromatic carbocycles. The van der Waals surface area contributed by atoms with Gasteiger partial charge in [0.1, 0.15) is 0 Å². The van der Waals surface area contributed by atoms with Gasteiger partial charge in [-0.15, -0.1) is 0 Å². The SMILES string of the molecule is Cc1ccc(CN2CCC[C@H]2c2c(-c3ccnc(N4CCCC4)n3)cnn2CCO)cc1C. The van der Waals surface area contributed by atoms with Crippen LogP contribution in [-0.4, -0.2) is 56.0 Å². The fraction of sp³-hybridized carbons (Fsp3) is 0.500. The number of benzene rings is 1. The van der Waals surface area contributed by atoms with Crippen molar-refractivity contribution in [2.75, 3.05) is 31.1 Å². The predicted octanol–water partition coefficient (Wildman–Crippen LogP) is 3.89. The Morgan fingerprint density at radius 3 is 2.67 bits per heavy atom. The molecule has 5 rings (SSSR count). The molecule has 2 saturated heterocycles. The first-order valence-electron chi connectivity index (χ1n) is 12.2. The summed E-state index contributed by atoms with van der Waals surface area (Å²) in [6.07, 6.45) is 8.42. The van der Waals surface area contributed by atoms with E-state index in [0.717, 1.165) is 61.9 Å². The first-order chi connectivity index (χ1) is 16.1. The Labute approximate surface area is 196 Å². The van der Waals surface area contributed by atoms with Crippen LogP contribution in [0.15, 0.2) is 36.7 Å². The molecule has 2 aliphatic rings. The highest BCUT2D eigenvalue weighted by atomic mass is 16.3. The monoisotopic (exact) mass is 446 g/mol. The molecule has 0 unspecified atom stereocenters. The van der Waals surface area contributed by atoms with Gasteiger partial charge in [0, 0.05) is 31.4 Å². The van der Waals surface area contributed by atoms with Crippen LogP contribution in [-0.2, 0) is 13.1 Å². The molecular formula is C26H34N6O. The summed E-state index contributed by atoms with van der Waals surface area (Å²) in [5.74, 6) is 0.810. The molecule has 0 radical (unpaired) electrons. The first kappa shape index (κ1) is 22.0. The van der Waals surface area contributed by atoms with Gasteiger partial charge in [0.25, 0.3) is 0 Å². The Morgan fingerprint density at radius 1 is 1.03 bits per heavy atom. The van der Waals surface area contributed by atoms with Crippen molar-refractivity contribution in [1.29, 1.82) is 0 Å². The number of likely N-dealkylation sites (tertiary alicyclic amines) is 1. The number of aliphatic hydroxyl groups is 1. The smallest absolute Gasteiger partial charge is 0.225 e. The molecule has 7 heteroatoms. The van der Waals surface area contributed by atoms with Crippen LogP contribution in [0.1, 0.15) is 54.1 Å². The zero-order valence-corrected chi connectivity index (χ0v) is 19.7. The summed E-state index contributed by atoms with van der Waals surface area (Å²) in [6, 6.07) is 9.02. The number of anilines is 1. The molecule has 1 N–H and O–H groups in total. The minimum absolute atomic E-state index is 0.0702. The van der Waals surface area contributed by atoms with Crippen LogP contribution < -0.4 is 4.90 Å². The van der Waals surface area contributed by atoms with Crippen molar-refractivity contribution in [1.82, 2.24) is 24.6 Å². The summed E-state index contributed by atoms with van der Waals surface area (Å²) in [7, 11) is 0. The maximum atomic E-state index is 9.71. The number of rotatable bonds is 7. The Bertz CT molecular complexity index is 1100. The van der Waals surface area contributed by atoms with Gasteiger partial charge >= 0.3 is 0 Å². The second-order valence-electron chi connectivity index (χ2n) is 9.37. The topological polar surface area (TPSA) is 70.3 Å². The minimum atomic E-state index is 0.0702. The maximum Gasteiger partial charge on any atom is 0.225 e. The van der Waals surface area contributed by atoms with Crippen molar-refractivity contribution >= 4 is 5.95 Å². The summed E-state index contributed by atoms with van der Waals surface area (Å²) >= 11 is 0. The zero-order chi connectivity index (χ0) is 22.8. The zero-order valence-electron chi connectivity index (χ0n) is 19.7. The summed E-state index contributed by atoms with van der Waals surface area (Å²) in [5, 5.41) is 14.4. The van der Waals surface area contributed by atoms with Gasteiger partial charge in [-0.25, -0.2) is 9.97 Å². The van der Waals surface area contributed by atoms with Gasteiger partial charge < -0.3 is 10.0 Å². The van der Waals surface area contributed by atoms with Gasteiger partial charge in [0.15, 0.2) is 0 Å². The third-order valence-corrected chi connectivity index (χ3v) is 7.14. The molecule has 2 aliphatic heterocycles. The summed E-state index contributed by atoms with van der Waals surface area (Å²) in [4.78, 5) is 14.3. The maximum absolute atomic E-state index is 9.71. The van der Waals surface area contributed by atoms with Crippen LogP contribution in [0, 0.1) is 13.8 Å². The van der Waals surface area contributed by atoms with E-state index in [-0.39, 0.29) is 12.6 Å². The van der Waals surface area contributed by atoms with E-state index in [0.29, 0.717) is 6.54 Å². The second-order valence-corrected chi connectivity index (χ2v) is 9.37. The molecule has 0 saturated carbocycles. The quantitative estimate of drug-likeness (QED) is 0.594. The molecule has 7 nitrogen and oxygen atoms in total. The molecule has 2 aromatic heterocycles. The molecule has 174 valence electrons. The van der Waals surface area contributed by atoms with E-state index < -0.39 is 0 Å². The standard InChI is InChI=1S/C26H34N6O/c1-19-7-8-21(16-20(19)2)18-31-13-5-6-24(31)25-22(17-28-32(25)14-15-33)23-9-10-27-26(29-23)30-11-3-4-12-30/h7-10,16-17,24,33H,3-6,11-15,18H2,1-2H3/t24-/m0/s1. The molecule has 4 heterocycles. The molecule has 0 amide bonds.